The van der Waals surface area contributed by atoms with E-state index in [9.17, 15) is 13.2 Å². The Bertz CT molecular complexity index is 551. The summed E-state index contributed by atoms with van der Waals surface area (Å²) in [4.78, 5) is 10.8. The molecule has 6 heteroatoms. The lowest BCUT2D eigenvalue weighted by molar-refractivity contribution is -0.141. The van der Waals surface area contributed by atoms with Crippen LogP contribution in [0, 0.1) is 5.92 Å². The van der Waals surface area contributed by atoms with Gasteiger partial charge < -0.3 is 5.11 Å². The second kappa shape index (κ2) is 6.85. The molecule has 1 rings (SSSR count). The summed E-state index contributed by atoms with van der Waals surface area (Å²) in [6.45, 7) is 3.50. The molecule has 0 aliphatic heterocycles. The van der Waals surface area contributed by atoms with E-state index in [1.54, 1.807) is 12.1 Å². The minimum atomic E-state index is -3.49. The number of aryl methyl sites for hydroxylation is 1. The minimum Gasteiger partial charge on any atom is -0.481 e. The molecule has 112 valence electrons. The molecule has 0 radical (unpaired) electrons. The zero-order valence-electron chi connectivity index (χ0n) is 12.0. The molecule has 0 saturated carbocycles. The molecule has 1 atom stereocenters. The Morgan fingerprint density at radius 2 is 1.75 bits per heavy atom. The number of aliphatic carboxylic acids is 1. The Labute approximate surface area is 120 Å². The molecule has 0 aromatic heterocycles. The maximum Gasteiger partial charge on any atom is 0.307 e. The van der Waals surface area contributed by atoms with Crippen LogP contribution in [0.25, 0.3) is 0 Å². The van der Waals surface area contributed by atoms with Crippen LogP contribution in [0.15, 0.2) is 24.3 Å². The first kappa shape index (κ1) is 16.7. The van der Waals surface area contributed by atoms with Crippen LogP contribution in [-0.2, 0) is 27.0 Å². The molecule has 0 aliphatic carbocycles. The van der Waals surface area contributed by atoms with Crippen molar-refractivity contribution in [2.75, 3.05) is 13.6 Å². The number of carboxylic acid groups (broad SMARTS) is 1. The summed E-state index contributed by atoms with van der Waals surface area (Å²) >= 11 is 0. The molecule has 1 N–H and O–H groups in total. The smallest absolute Gasteiger partial charge is 0.307 e. The zero-order chi connectivity index (χ0) is 15.3. The lowest BCUT2D eigenvalue weighted by Crippen LogP contribution is -2.34. The predicted octanol–water partition coefficient (Wildman–Crippen LogP) is 1.73. The van der Waals surface area contributed by atoms with E-state index in [0.29, 0.717) is 5.56 Å². The van der Waals surface area contributed by atoms with Crippen molar-refractivity contribution in [3.63, 3.8) is 0 Å². The highest BCUT2D eigenvalue weighted by atomic mass is 32.2. The Balaban J connectivity index is 2.75. The maximum atomic E-state index is 12.1. The summed E-state index contributed by atoms with van der Waals surface area (Å²) in [5.41, 5.74) is 1.86. The number of rotatable bonds is 7. The molecule has 0 bridgehead atoms. The standard InChI is InChI=1S/C14H21NO4S/c1-4-12-5-7-13(8-6-12)10-20(18,19)15(3)9-11(2)14(16)17/h5-8,11H,4,9-10H2,1-3H3,(H,16,17). The van der Waals surface area contributed by atoms with Gasteiger partial charge in [-0.15, -0.1) is 0 Å². The molecule has 0 saturated heterocycles. The summed E-state index contributed by atoms with van der Waals surface area (Å²) in [7, 11) is -2.08. The van der Waals surface area contributed by atoms with Crippen molar-refractivity contribution in [2.24, 2.45) is 5.92 Å². The van der Waals surface area contributed by atoms with E-state index in [2.05, 4.69) is 0 Å². The fourth-order valence-electron chi connectivity index (χ4n) is 1.77. The van der Waals surface area contributed by atoms with Gasteiger partial charge in [0.05, 0.1) is 11.7 Å². The predicted molar refractivity (Wildman–Crippen MR) is 77.9 cm³/mol. The lowest BCUT2D eigenvalue weighted by atomic mass is 10.1. The first-order valence-electron chi connectivity index (χ1n) is 6.51. The van der Waals surface area contributed by atoms with E-state index >= 15 is 0 Å². The van der Waals surface area contributed by atoms with Gasteiger partial charge in [0, 0.05) is 13.6 Å². The summed E-state index contributed by atoms with van der Waals surface area (Å²) in [6, 6.07) is 7.41. The Hall–Kier alpha value is -1.40. The Morgan fingerprint density at radius 1 is 1.25 bits per heavy atom. The summed E-state index contributed by atoms with van der Waals surface area (Å²) in [6.07, 6.45) is 0.906. The van der Waals surface area contributed by atoms with Gasteiger partial charge in [-0.2, -0.15) is 0 Å². The van der Waals surface area contributed by atoms with Crippen molar-refractivity contribution in [3.8, 4) is 0 Å². The second-order valence-electron chi connectivity index (χ2n) is 4.95. The number of carbonyl (C=O) groups is 1. The molecule has 1 aromatic rings. The normalized spacial score (nSPS) is 13.4. The average Bonchev–Trinajstić information content (AvgIpc) is 2.38. The third-order valence-electron chi connectivity index (χ3n) is 3.21. The Morgan fingerprint density at radius 3 is 2.20 bits per heavy atom. The average molecular weight is 299 g/mol. The van der Waals surface area contributed by atoms with E-state index < -0.39 is 21.9 Å². The van der Waals surface area contributed by atoms with Gasteiger partial charge in [0.15, 0.2) is 0 Å². The van der Waals surface area contributed by atoms with Gasteiger partial charge in [-0.1, -0.05) is 38.1 Å². The fraction of sp³-hybridized carbons (Fsp3) is 0.500. The van der Waals surface area contributed by atoms with Crippen molar-refractivity contribution < 1.29 is 18.3 Å². The summed E-state index contributed by atoms with van der Waals surface area (Å²) in [5.74, 6) is -1.84. The Kier molecular flexibility index (Phi) is 5.71. The summed E-state index contributed by atoms with van der Waals surface area (Å²) in [5, 5.41) is 8.82. The number of carboxylic acids is 1. The number of hydrogen-bond donors (Lipinski definition) is 1. The first-order valence-corrected chi connectivity index (χ1v) is 8.11. The molecule has 0 amide bonds. The van der Waals surface area contributed by atoms with Gasteiger partial charge in [0.1, 0.15) is 0 Å². The van der Waals surface area contributed by atoms with E-state index in [4.69, 9.17) is 5.11 Å². The van der Waals surface area contributed by atoms with E-state index in [-0.39, 0.29) is 12.3 Å². The third kappa shape index (κ3) is 4.61. The van der Waals surface area contributed by atoms with Crippen LogP contribution in [0.1, 0.15) is 25.0 Å². The van der Waals surface area contributed by atoms with Gasteiger partial charge in [-0.05, 0) is 17.5 Å². The molecule has 20 heavy (non-hydrogen) atoms. The van der Waals surface area contributed by atoms with Crippen LogP contribution in [0.3, 0.4) is 0 Å². The van der Waals surface area contributed by atoms with Crippen LogP contribution in [0.5, 0.6) is 0 Å². The van der Waals surface area contributed by atoms with E-state index in [0.717, 1.165) is 16.3 Å². The highest BCUT2D eigenvalue weighted by Crippen LogP contribution is 2.13. The van der Waals surface area contributed by atoms with Crippen molar-refractivity contribution in [3.05, 3.63) is 35.4 Å². The molecular formula is C14H21NO4S. The summed E-state index contributed by atoms with van der Waals surface area (Å²) < 4.78 is 25.4. The van der Waals surface area contributed by atoms with Crippen molar-refractivity contribution in [2.45, 2.75) is 26.0 Å². The van der Waals surface area contributed by atoms with Crippen LogP contribution in [0.4, 0.5) is 0 Å². The SMILES string of the molecule is CCc1ccc(CS(=O)(=O)N(C)CC(C)C(=O)O)cc1. The van der Waals surface area contributed by atoms with Gasteiger partial charge in [0.2, 0.25) is 10.0 Å². The molecule has 0 aliphatic rings. The fourth-order valence-corrected chi connectivity index (χ4v) is 3.05. The van der Waals surface area contributed by atoms with Gasteiger partial charge >= 0.3 is 5.97 Å². The molecule has 5 nitrogen and oxygen atoms in total. The largest absolute Gasteiger partial charge is 0.481 e. The van der Waals surface area contributed by atoms with Gasteiger partial charge in [0.25, 0.3) is 0 Å². The quantitative estimate of drug-likeness (QED) is 0.832. The highest BCUT2D eigenvalue weighted by Gasteiger charge is 2.23. The molecule has 1 unspecified atom stereocenters. The van der Waals surface area contributed by atoms with Crippen molar-refractivity contribution in [1.29, 1.82) is 0 Å². The van der Waals surface area contributed by atoms with Crippen LogP contribution in [0.2, 0.25) is 0 Å². The van der Waals surface area contributed by atoms with Crippen LogP contribution in [-0.4, -0.2) is 37.4 Å². The zero-order valence-corrected chi connectivity index (χ0v) is 12.9. The number of hydrogen-bond acceptors (Lipinski definition) is 3. The number of sulfonamides is 1. The molecule has 0 heterocycles. The van der Waals surface area contributed by atoms with Gasteiger partial charge in [-0.25, -0.2) is 12.7 Å². The first-order chi connectivity index (χ1) is 9.26. The van der Waals surface area contributed by atoms with E-state index in [1.165, 1.54) is 14.0 Å². The van der Waals surface area contributed by atoms with Crippen molar-refractivity contribution in [1.82, 2.24) is 4.31 Å². The second-order valence-corrected chi connectivity index (χ2v) is 7.02. The maximum absolute atomic E-state index is 12.1. The molecule has 1 aromatic carbocycles. The van der Waals surface area contributed by atoms with Crippen LogP contribution < -0.4 is 0 Å². The minimum absolute atomic E-state index is 0.0231. The third-order valence-corrected chi connectivity index (χ3v) is 5.00. The monoisotopic (exact) mass is 299 g/mol. The topological polar surface area (TPSA) is 74.7 Å². The van der Waals surface area contributed by atoms with Crippen molar-refractivity contribution >= 4 is 16.0 Å². The van der Waals surface area contributed by atoms with E-state index in [1.807, 2.05) is 19.1 Å². The molecular weight excluding hydrogens is 278 g/mol. The molecule has 0 spiro atoms. The van der Waals surface area contributed by atoms with Crippen LogP contribution >= 0.6 is 0 Å². The molecule has 0 fully saturated rings. The highest BCUT2D eigenvalue weighted by molar-refractivity contribution is 7.88. The lowest BCUT2D eigenvalue weighted by Gasteiger charge is -2.19. The van der Waals surface area contributed by atoms with Gasteiger partial charge in [-0.3, -0.25) is 4.79 Å². The number of nitrogens with zero attached hydrogens (tertiary/aromatic N) is 1. The number of benzene rings is 1.